The van der Waals surface area contributed by atoms with Gasteiger partial charge in [0.25, 0.3) is 5.91 Å². The van der Waals surface area contributed by atoms with Crippen molar-refractivity contribution in [2.24, 2.45) is 5.73 Å². The van der Waals surface area contributed by atoms with Gasteiger partial charge in [0.15, 0.2) is 0 Å². The Hall–Kier alpha value is -1.88. The van der Waals surface area contributed by atoms with Gasteiger partial charge in [0.2, 0.25) is 5.91 Å². The Kier molecular flexibility index (Phi) is 5.09. The second-order valence-corrected chi connectivity index (χ2v) is 7.23. The summed E-state index contributed by atoms with van der Waals surface area (Å²) in [6.07, 6.45) is 0. The third-order valence-electron chi connectivity index (χ3n) is 4.56. The summed E-state index contributed by atoms with van der Waals surface area (Å²) < 4.78 is 0. The minimum absolute atomic E-state index is 0.0526. The van der Waals surface area contributed by atoms with Crippen LogP contribution in [0.15, 0.2) is 24.3 Å². The van der Waals surface area contributed by atoms with E-state index in [-0.39, 0.29) is 23.3 Å². The maximum absolute atomic E-state index is 12.6. The fourth-order valence-electron chi connectivity index (χ4n) is 2.79. The molecule has 1 unspecified atom stereocenters. The molecule has 2 rings (SSSR count). The van der Waals surface area contributed by atoms with Crippen LogP contribution in [-0.4, -0.2) is 53.8 Å². The smallest absolute Gasteiger partial charge is 0.253 e. The third-order valence-corrected chi connectivity index (χ3v) is 4.56. The Balaban J connectivity index is 1.99. The minimum Gasteiger partial charge on any atom is -0.368 e. The highest BCUT2D eigenvalue weighted by molar-refractivity contribution is 5.94. The number of piperazine rings is 1. The van der Waals surface area contributed by atoms with Crippen LogP contribution in [0.2, 0.25) is 0 Å². The molecule has 0 aliphatic carbocycles. The van der Waals surface area contributed by atoms with Gasteiger partial charge >= 0.3 is 0 Å². The summed E-state index contributed by atoms with van der Waals surface area (Å²) >= 11 is 0. The van der Waals surface area contributed by atoms with E-state index in [4.69, 9.17) is 5.73 Å². The van der Waals surface area contributed by atoms with Crippen molar-refractivity contribution in [2.45, 2.75) is 39.2 Å². The number of rotatable bonds is 3. The van der Waals surface area contributed by atoms with Crippen LogP contribution in [0.5, 0.6) is 0 Å². The number of amides is 2. The molecule has 0 aromatic heterocycles. The van der Waals surface area contributed by atoms with Crippen molar-refractivity contribution in [3.63, 3.8) is 0 Å². The fraction of sp³-hybridized carbons (Fsp3) is 0.556. The number of hydrogen-bond donors (Lipinski definition) is 1. The molecule has 1 aliphatic rings. The predicted molar refractivity (Wildman–Crippen MR) is 91.3 cm³/mol. The lowest BCUT2D eigenvalue weighted by molar-refractivity contribution is -0.123. The number of primary amides is 1. The Bertz CT molecular complexity index is 567. The molecular formula is C18H27N3O2. The molecule has 1 saturated heterocycles. The largest absolute Gasteiger partial charge is 0.368 e. The maximum atomic E-state index is 12.6. The second kappa shape index (κ2) is 6.71. The number of nitrogens with zero attached hydrogens (tertiary/aromatic N) is 2. The van der Waals surface area contributed by atoms with Crippen LogP contribution in [-0.2, 0) is 10.2 Å². The molecule has 1 fully saturated rings. The van der Waals surface area contributed by atoms with Crippen LogP contribution in [0.1, 0.15) is 43.6 Å². The lowest BCUT2D eigenvalue weighted by Gasteiger charge is -2.37. The zero-order chi connectivity index (χ0) is 17.2. The van der Waals surface area contributed by atoms with Crippen LogP contribution in [0.4, 0.5) is 0 Å². The number of carbonyl (C=O) groups excluding carboxylic acids is 2. The van der Waals surface area contributed by atoms with Gasteiger partial charge in [-0.15, -0.1) is 0 Å². The van der Waals surface area contributed by atoms with Crippen LogP contribution >= 0.6 is 0 Å². The molecule has 1 heterocycles. The monoisotopic (exact) mass is 317 g/mol. The topological polar surface area (TPSA) is 66.6 Å². The molecular weight excluding hydrogens is 290 g/mol. The first kappa shape index (κ1) is 17.5. The van der Waals surface area contributed by atoms with Gasteiger partial charge in [-0.1, -0.05) is 32.9 Å². The molecule has 1 aliphatic heterocycles. The Morgan fingerprint density at radius 2 is 1.57 bits per heavy atom. The summed E-state index contributed by atoms with van der Waals surface area (Å²) in [4.78, 5) is 27.7. The van der Waals surface area contributed by atoms with E-state index in [1.807, 2.05) is 41.0 Å². The van der Waals surface area contributed by atoms with Gasteiger partial charge in [-0.05, 0) is 30.0 Å². The third kappa shape index (κ3) is 4.10. The van der Waals surface area contributed by atoms with E-state index < -0.39 is 0 Å². The molecule has 23 heavy (non-hydrogen) atoms. The highest BCUT2D eigenvalue weighted by atomic mass is 16.2. The molecule has 5 heteroatoms. The summed E-state index contributed by atoms with van der Waals surface area (Å²) in [6.45, 7) is 10.9. The van der Waals surface area contributed by atoms with E-state index in [0.29, 0.717) is 26.2 Å². The molecule has 0 bridgehead atoms. The van der Waals surface area contributed by atoms with E-state index >= 15 is 0 Å². The van der Waals surface area contributed by atoms with Gasteiger partial charge in [0.05, 0.1) is 6.04 Å². The van der Waals surface area contributed by atoms with Crippen molar-refractivity contribution in [2.75, 3.05) is 26.2 Å². The summed E-state index contributed by atoms with van der Waals surface area (Å²) in [5, 5.41) is 0. The molecule has 5 nitrogen and oxygen atoms in total. The van der Waals surface area contributed by atoms with Crippen molar-refractivity contribution in [1.82, 2.24) is 9.80 Å². The van der Waals surface area contributed by atoms with E-state index in [1.165, 1.54) is 5.56 Å². The predicted octanol–water partition coefficient (Wildman–Crippen LogP) is 1.62. The Labute approximate surface area is 138 Å². The van der Waals surface area contributed by atoms with Gasteiger partial charge in [-0.25, -0.2) is 0 Å². The zero-order valence-corrected chi connectivity index (χ0v) is 14.5. The molecule has 1 aromatic carbocycles. The van der Waals surface area contributed by atoms with Crippen molar-refractivity contribution in [3.8, 4) is 0 Å². The highest BCUT2D eigenvalue weighted by Crippen LogP contribution is 2.22. The van der Waals surface area contributed by atoms with Crippen LogP contribution < -0.4 is 5.73 Å². The first-order valence-corrected chi connectivity index (χ1v) is 8.13. The number of carbonyl (C=O) groups is 2. The average molecular weight is 317 g/mol. The number of nitrogens with two attached hydrogens (primary N) is 1. The number of hydrogen-bond acceptors (Lipinski definition) is 3. The van der Waals surface area contributed by atoms with Gasteiger partial charge in [0, 0.05) is 31.7 Å². The standard InChI is InChI=1S/C18H27N3O2/c1-13(16(19)22)20-9-11-21(12-10-20)17(23)14-5-7-15(8-6-14)18(2,3)4/h5-8,13H,9-12H2,1-4H3,(H2,19,22). The lowest BCUT2D eigenvalue weighted by atomic mass is 9.86. The SMILES string of the molecule is CC(C(N)=O)N1CCN(C(=O)c2ccc(C(C)(C)C)cc2)CC1. The summed E-state index contributed by atoms with van der Waals surface area (Å²) in [5.74, 6) is -0.264. The van der Waals surface area contributed by atoms with Gasteiger partial charge in [-0.2, -0.15) is 0 Å². The van der Waals surface area contributed by atoms with E-state index in [2.05, 4.69) is 20.8 Å². The summed E-state index contributed by atoms with van der Waals surface area (Å²) in [5.41, 5.74) is 7.36. The molecule has 2 amide bonds. The molecule has 0 radical (unpaired) electrons. The van der Waals surface area contributed by atoms with E-state index in [0.717, 1.165) is 5.56 Å². The van der Waals surface area contributed by atoms with Gasteiger partial charge in [-0.3, -0.25) is 14.5 Å². The quantitative estimate of drug-likeness (QED) is 0.921. The Morgan fingerprint density at radius 3 is 2.00 bits per heavy atom. The number of benzene rings is 1. The van der Waals surface area contributed by atoms with Crippen molar-refractivity contribution in [1.29, 1.82) is 0 Å². The van der Waals surface area contributed by atoms with Crippen molar-refractivity contribution >= 4 is 11.8 Å². The molecule has 1 aromatic rings. The second-order valence-electron chi connectivity index (χ2n) is 7.23. The first-order valence-electron chi connectivity index (χ1n) is 8.13. The lowest BCUT2D eigenvalue weighted by Crippen LogP contribution is -2.54. The van der Waals surface area contributed by atoms with Crippen LogP contribution in [0, 0.1) is 0 Å². The van der Waals surface area contributed by atoms with Crippen molar-refractivity contribution in [3.05, 3.63) is 35.4 Å². The maximum Gasteiger partial charge on any atom is 0.253 e. The first-order chi connectivity index (χ1) is 10.7. The van der Waals surface area contributed by atoms with Gasteiger partial charge in [0.1, 0.15) is 0 Å². The normalized spacial score (nSPS) is 17.8. The molecule has 2 N–H and O–H groups in total. The minimum atomic E-state index is -0.317. The average Bonchev–Trinajstić information content (AvgIpc) is 2.53. The van der Waals surface area contributed by atoms with E-state index in [9.17, 15) is 9.59 Å². The van der Waals surface area contributed by atoms with Crippen LogP contribution in [0.25, 0.3) is 0 Å². The van der Waals surface area contributed by atoms with E-state index in [1.54, 1.807) is 0 Å². The molecule has 0 saturated carbocycles. The molecule has 0 spiro atoms. The van der Waals surface area contributed by atoms with Crippen LogP contribution in [0.3, 0.4) is 0 Å². The summed E-state index contributed by atoms with van der Waals surface area (Å²) in [6, 6.07) is 7.58. The highest BCUT2D eigenvalue weighted by Gasteiger charge is 2.27. The molecule has 126 valence electrons. The van der Waals surface area contributed by atoms with Gasteiger partial charge < -0.3 is 10.6 Å². The zero-order valence-electron chi connectivity index (χ0n) is 14.5. The molecule has 1 atom stereocenters. The summed E-state index contributed by atoms with van der Waals surface area (Å²) in [7, 11) is 0. The Morgan fingerprint density at radius 1 is 1.04 bits per heavy atom. The van der Waals surface area contributed by atoms with Crippen molar-refractivity contribution < 1.29 is 9.59 Å². The fourth-order valence-corrected chi connectivity index (χ4v) is 2.79.